The van der Waals surface area contributed by atoms with Crippen LogP contribution in [0.25, 0.3) is 10.9 Å². The average Bonchev–Trinajstić information content (AvgIpc) is 2.80. The molecule has 1 aliphatic carbocycles. The van der Waals surface area contributed by atoms with Crippen molar-refractivity contribution < 1.29 is 9.53 Å². The fraction of sp³-hybridized carbons (Fsp3) is 0.286. The van der Waals surface area contributed by atoms with E-state index in [2.05, 4.69) is 27.6 Å². The van der Waals surface area contributed by atoms with Gasteiger partial charge in [0.05, 0.1) is 8.59 Å². The second-order valence-corrected chi connectivity index (χ2v) is 6.16. The molecule has 1 saturated carbocycles. The van der Waals surface area contributed by atoms with Gasteiger partial charge in [0.1, 0.15) is 17.4 Å². The van der Waals surface area contributed by atoms with Crippen molar-refractivity contribution in [3.63, 3.8) is 0 Å². The lowest BCUT2D eigenvalue weighted by atomic mass is 10.2. The van der Waals surface area contributed by atoms with Gasteiger partial charge in [0.2, 0.25) is 0 Å². The summed E-state index contributed by atoms with van der Waals surface area (Å²) in [5.41, 5.74) is 0.763. The number of Topliss-reactive ketones (excluding diaryl/α,β-unsaturated/α-hetero) is 1. The van der Waals surface area contributed by atoms with Gasteiger partial charge in [-0.3, -0.25) is 9.78 Å². The third-order valence-corrected chi connectivity index (χ3v) is 4.35. The minimum Gasteiger partial charge on any atom is -0.487 e. The third kappa shape index (κ3) is 2.56. The molecule has 1 fully saturated rings. The van der Waals surface area contributed by atoms with Crippen molar-refractivity contribution in [1.29, 1.82) is 0 Å². The highest BCUT2D eigenvalue weighted by molar-refractivity contribution is 14.1. The number of ketones is 1. The molecule has 98 valence electrons. The Hall–Kier alpha value is -0.880. The van der Waals surface area contributed by atoms with Gasteiger partial charge in [0.15, 0.2) is 5.75 Å². The summed E-state index contributed by atoms with van der Waals surface area (Å²) < 4.78 is 6.92. The van der Waals surface area contributed by atoms with Crippen LogP contribution in [0.2, 0.25) is 5.02 Å². The molecule has 0 radical (unpaired) electrons. The van der Waals surface area contributed by atoms with Gasteiger partial charge in [-0.2, -0.15) is 0 Å². The average molecular weight is 388 g/mol. The molecule has 0 bridgehead atoms. The molecule has 1 unspecified atom stereocenters. The van der Waals surface area contributed by atoms with Crippen LogP contribution in [0.4, 0.5) is 0 Å². The highest BCUT2D eigenvalue weighted by atomic mass is 127. The molecule has 0 aliphatic heterocycles. The summed E-state index contributed by atoms with van der Waals surface area (Å²) in [4.78, 5) is 15.7. The van der Waals surface area contributed by atoms with Gasteiger partial charge in [-0.15, -0.1) is 0 Å². The summed E-state index contributed by atoms with van der Waals surface area (Å²) in [6.07, 6.45) is 3.58. The zero-order valence-corrected chi connectivity index (χ0v) is 12.9. The highest BCUT2D eigenvalue weighted by Crippen LogP contribution is 2.36. The number of hydrogen-bond acceptors (Lipinski definition) is 3. The Morgan fingerprint density at radius 2 is 2.32 bits per heavy atom. The lowest BCUT2D eigenvalue weighted by molar-refractivity contribution is -0.117. The van der Waals surface area contributed by atoms with E-state index in [0.29, 0.717) is 17.9 Å². The van der Waals surface area contributed by atoms with Gasteiger partial charge in [0, 0.05) is 24.4 Å². The standard InChI is InChI=1S/C14H11ClINO2/c15-11-7-12(16)14(13-10(11)2-1-5-17-13)19-9-4-3-8(18)6-9/h1-2,5,7,9H,3-4,6H2. The number of ether oxygens (including phenoxy) is 1. The molecule has 0 amide bonds. The van der Waals surface area contributed by atoms with Crippen LogP contribution < -0.4 is 4.74 Å². The van der Waals surface area contributed by atoms with E-state index in [4.69, 9.17) is 16.3 Å². The highest BCUT2D eigenvalue weighted by Gasteiger charge is 2.25. The van der Waals surface area contributed by atoms with E-state index in [1.807, 2.05) is 18.2 Å². The maximum Gasteiger partial charge on any atom is 0.159 e. The van der Waals surface area contributed by atoms with Crippen LogP contribution in [0.3, 0.4) is 0 Å². The molecule has 1 aliphatic rings. The van der Waals surface area contributed by atoms with Crippen LogP contribution in [0.15, 0.2) is 24.4 Å². The molecule has 5 heteroatoms. The number of pyridine rings is 1. The smallest absolute Gasteiger partial charge is 0.159 e. The molecule has 3 nitrogen and oxygen atoms in total. The summed E-state index contributed by atoms with van der Waals surface area (Å²) in [7, 11) is 0. The maximum absolute atomic E-state index is 11.3. The zero-order chi connectivity index (χ0) is 13.4. The Labute approximate surface area is 129 Å². The van der Waals surface area contributed by atoms with Crippen molar-refractivity contribution in [2.24, 2.45) is 0 Å². The molecule has 1 atom stereocenters. The fourth-order valence-electron chi connectivity index (χ4n) is 2.31. The lowest BCUT2D eigenvalue weighted by Crippen LogP contribution is -2.13. The van der Waals surface area contributed by atoms with E-state index in [-0.39, 0.29) is 11.9 Å². The number of nitrogens with zero attached hydrogens (tertiary/aromatic N) is 1. The second kappa shape index (κ2) is 5.25. The summed E-state index contributed by atoms with van der Waals surface area (Å²) in [6, 6.07) is 5.65. The van der Waals surface area contributed by atoms with Crippen LogP contribution in [0.1, 0.15) is 19.3 Å². The number of carbonyl (C=O) groups is 1. The van der Waals surface area contributed by atoms with E-state index >= 15 is 0 Å². The van der Waals surface area contributed by atoms with Gasteiger partial charge in [-0.25, -0.2) is 0 Å². The number of halogens is 2. The minimum atomic E-state index is -0.0348. The predicted molar refractivity (Wildman–Crippen MR) is 82.7 cm³/mol. The summed E-state index contributed by atoms with van der Waals surface area (Å²) in [5, 5.41) is 1.55. The number of aromatic nitrogens is 1. The van der Waals surface area contributed by atoms with Crippen LogP contribution in [0.5, 0.6) is 5.75 Å². The first-order chi connectivity index (χ1) is 9.15. The van der Waals surface area contributed by atoms with Gasteiger partial charge in [-0.1, -0.05) is 11.6 Å². The van der Waals surface area contributed by atoms with Crippen molar-refractivity contribution >= 4 is 50.9 Å². The summed E-state index contributed by atoms with van der Waals surface area (Å²) in [6.45, 7) is 0. The molecule has 3 rings (SSSR count). The second-order valence-electron chi connectivity index (χ2n) is 4.59. The molecule has 1 aromatic heterocycles. The zero-order valence-electron chi connectivity index (χ0n) is 10.0. The van der Waals surface area contributed by atoms with Crippen molar-refractivity contribution in [2.45, 2.75) is 25.4 Å². The van der Waals surface area contributed by atoms with Crippen molar-refractivity contribution in [2.75, 3.05) is 0 Å². The van der Waals surface area contributed by atoms with E-state index in [1.165, 1.54) is 0 Å². The van der Waals surface area contributed by atoms with Gasteiger partial charge in [-0.05, 0) is 47.2 Å². The molecule has 0 saturated heterocycles. The monoisotopic (exact) mass is 387 g/mol. The lowest BCUT2D eigenvalue weighted by Gasteiger charge is -2.16. The molecular formula is C14H11ClINO2. The van der Waals surface area contributed by atoms with Crippen molar-refractivity contribution in [3.8, 4) is 5.75 Å². The van der Waals surface area contributed by atoms with Crippen molar-refractivity contribution in [1.82, 2.24) is 4.98 Å². The van der Waals surface area contributed by atoms with E-state index < -0.39 is 0 Å². The van der Waals surface area contributed by atoms with Gasteiger partial charge < -0.3 is 4.74 Å². The largest absolute Gasteiger partial charge is 0.487 e. The Morgan fingerprint density at radius 3 is 3.05 bits per heavy atom. The topological polar surface area (TPSA) is 39.2 Å². The normalized spacial score (nSPS) is 19.1. The van der Waals surface area contributed by atoms with Crippen LogP contribution in [-0.2, 0) is 4.79 Å². The SMILES string of the molecule is O=C1CCC(Oc2c(I)cc(Cl)c3cccnc23)C1. The van der Waals surface area contributed by atoms with E-state index in [0.717, 1.165) is 26.6 Å². The van der Waals surface area contributed by atoms with Gasteiger partial charge >= 0.3 is 0 Å². The third-order valence-electron chi connectivity index (χ3n) is 3.24. The Morgan fingerprint density at radius 1 is 1.47 bits per heavy atom. The Kier molecular flexibility index (Phi) is 3.62. The molecule has 0 spiro atoms. The Bertz CT molecular complexity index is 659. The van der Waals surface area contributed by atoms with Crippen molar-refractivity contribution in [3.05, 3.63) is 33.0 Å². The Balaban J connectivity index is 2.05. The maximum atomic E-state index is 11.3. The number of carbonyl (C=O) groups excluding carboxylic acids is 1. The van der Waals surface area contributed by atoms with Crippen LogP contribution in [0, 0.1) is 3.57 Å². The molecule has 19 heavy (non-hydrogen) atoms. The molecular weight excluding hydrogens is 377 g/mol. The number of rotatable bonds is 2. The first-order valence-electron chi connectivity index (χ1n) is 6.06. The molecule has 2 aromatic rings. The quantitative estimate of drug-likeness (QED) is 0.731. The predicted octanol–water partition coefficient (Wildman–Crippen LogP) is 3.99. The van der Waals surface area contributed by atoms with Crippen LogP contribution >= 0.6 is 34.2 Å². The minimum absolute atomic E-state index is 0.0348. The molecule has 1 aromatic carbocycles. The van der Waals surface area contributed by atoms with Gasteiger partial charge in [0.25, 0.3) is 0 Å². The van der Waals surface area contributed by atoms with E-state index in [9.17, 15) is 4.79 Å². The fourth-order valence-corrected chi connectivity index (χ4v) is 3.45. The first-order valence-corrected chi connectivity index (χ1v) is 7.52. The number of hydrogen-bond donors (Lipinski definition) is 0. The summed E-state index contributed by atoms with van der Waals surface area (Å²) >= 11 is 8.41. The number of fused-ring (bicyclic) bond motifs is 1. The van der Waals surface area contributed by atoms with E-state index in [1.54, 1.807) is 6.20 Å². The molecule has 0 N–H and O–H groups in total. The summed E-state index contributed by atoms with van der Waals surface area (Å²) in [5.74, 6) is 1.01. The van der Waals surface area contributed by atoms with Crippen LogP contribution in [-0.4, -0.2) is 16.9 Å². The first kappa shape index (κ1) is 13.1. The number of benzene rings is 1. The molecule has 1 heterocycles.